The van der Waals surface area contributed by atoms with Gasteiger partial charge in [-0.25, -0.2) is 4.79 Å². The van der Waals surface area contributed by atoms with Gasteiger partial charge in [-0.1, -0.05) is 115 Å². The minimum Gasteiger partial charge on any atom is -0.481 e. The first-order valence-electron chi connectivity index (χ1n) is 26.3. The second kappa shape index (κ2) is 33.4. The maximum absolute atomic E-state index is 14.2. The number of carboxylic acids is 2. The van der Waals surface area contributed by atoms with Crippen LogP contribution in [0.4, 0.5) is 0 Å². The van der Waals surface area contributed by atoms with Crippen LogP contribution in [0.2, 0.25) is 0 Å². The number of carbonyl (C=O) groups excluding carboxylic acids is 8. The molecule has 4 unspecified atom stereocenters. The van der Waals surface area contributed by atoms with Gasteiger partial charge in [0.05, 0.1) is 12.8 Å². The molecule has 20 heteroatoms. The first-order valence-corrected chi connectivity index (χ1v) is 26.3. The van der Waals surface area contributed by atoms with Gasteiger partial charge in [0.15, 0.2) is 0 Å². The van der Waals surface area contributed by atoms with Crippen molar-refractivity contribution in [1.82, 2.24) is 37.2 Å². The number of nitrogens with one attached hydrogen (secondary N) is 7. The Morgan fingerprint density at radius 2 is 0.778 bits per heavy atom. The molecule has 7 amide bonds. The van der Waals surface area contributed by atoms with Crippen LogP contribution in [0, 0.1) is 35.5 Å². The molecule has 1 aliphatic rings. The molecule has 0 radical (unpaired) electrons. The van der Waals surface area contributed by atoms with Gasteiger partial charge in [-0.15, -0.1) is 0 Å². The first-order chi connectivity index (χ1) is 33.6. The molecule has 0 aliphatic carbocycles. The van der Waals surface area contributed by atoms with E-state index in [0.29, 0.717) is 12.3 Å². The summed E-state index contributed by atoms with van der Waals surface area (Å²) in [5, 5.41) is 38.0. The Kier molecular flexibility index (Phi) is 30.0. The van der Waals surface area contributed by atoms with Crippen LogP contribution in [0.15, 0.2) is 0 Å². The zero-order chi connectivity index (χ0) is 54.8. The highest BCUT2D eigenvalue weighted by atomic mass is 16.5. The van der Waals surface area contributed by atoms with Crippen LogP contribution in [0.5, 0.6) is 0 Å². The Bertz CT molecular complexity index is 1790. The number of ether oxygens (including phenoxy) is 1. The van der Waals surface area contributed by atoms with Gasteiger partial charge in [0.1, 0.15) is 48.4 Å². The smallest absolute Gasteiger partial charge is 0.328 e. The number of amides is 7. The van der Waals surface area contributed by atoms with Gasteiger partial charge in [-0.2, -0.15) is 0 Å². The Morgan fingerprint density at radius 3 is 1.17 bits per heavy atom. The van der Waals surface area contributed by atoms with Crippen LogP contribution >= 0.6 is 0 Å². The second-order valence-electron chi connectivity index (χ2n) is 22.2. The lowest BCUT2D eigenvalue weighted by Gasteiger charge is -2.29. The van der Waals surface area contributed by atoms with Crippen molar-refractivity contribution in [1.29, 1.82) is 0 Å². The highest BCUT2D eigenvalue weighted by Crippen LogP contribution is 2.19. The number of cyclic esters (lactones) is 1. The molecule has 0 aromatic carbocycles. The quantitative estimate of drug-likeness (QED) is 0.0498. The Labute approximate surface area is 428 Å². The second-order valence-corrected chi connectivity index (χ2v) is 22.2. The molecule has 0 bridgehead atoms. The summed E-state index contributed by atoms with van der Waals surface area (Å²) in [7, 11) is 0. The maximum Gasteiger partial charge on any atom is 0.328 e. The third-order valence-electron chi connectivity index (χ3n) is 12.0. The van der Waals surface area contributed by atoms with E-state index in [1.807, 2.05) is 27.7 Å². The molecule has 0 saturated carbocycles. The molecule has 1 fully saturated rings. The van der Waals surface area contributed by atoms with Gasteiger partial charge in [0, 0.05) is 6.42 Å². The first kappa shape index (κ1) is 64.7. The van der Waals surface area contributed by atoms with Gasteiger partial charge in [0.25, 0.3) is 0 Å². The molecule has 8 atom stereocenters. The van der Waals surface area contributed by atoms with Crippen LogP contribution in [-0.2, 0) is 52.7 Å². The molecule has 1 aliphatic heterocycles. The Morgan fingerprint density at radius 1 is 0.431 bits per heavy atom. The topological polar surface area (TPSA) is 305 Å². The highest BCUT2D eigenvalue weighted by molar-refractivity contribution is 5.98. The van der Waals surface area contributed by atoms with E-state index in [1.54, 1.807) is 41.5 Å². The van der Waals surface area contributed by atoms with Crippen molar-refractivity contribution in [3.63, 3.8) is 0 Å². The number of carboxylic acid groups (broad SMARTS) is 2. The monoisotopic (exact) mass is 1020 g/mol. The summed E-state index contributed by atoms with van der Waals surface area (Å²) in [6.07, 6.45) is 2.64. The minimum absolute atomic E-state index is 0.0296. The standard InChI is InChI=1S/C52H91N7O13/c1-29(2)18-16-14-13-15-17-19-35-27-43(60)53-36(20-21-44(61)62)46(65)54-37(22-30(3)4)47(66)55-38(23-31(5)6)48(67)56-39(24-32(7)8)49(68)58-41(28-45(63)64)51(70)57-40(25-33(9)10)50(69)59-42(26-34(11)12)52(71)72-35/h29-42H,13-28H2,1-12H3,(H,53,60)(H,54,65)(H,55,66)(H,56,67)(H,57,70)(H,58,68)(H,59,69)(H,61,62)(H,63,64)/t35?,36-,37+,38?,39+,40?,41+,42?/m1/s1. The van der Waals surface area contributed by atoms with Crippen molar-refractivity contribution in [2.75, 3.05) is 0 Å². The van der Waals surface area contributed by atoms with Crippen molar-refractivity contribution >= 4 is 59.3 Å². The zero-order valence-electron chi connectivity index (χ0n) is 45.3. The molecule has 0 spiro atoms. The van der Waals surface area contributed by atoms with Crippen LogP contribution in [0.25, 0.3) is 0 Å². The molecule has 412 valence electrons. The summed E-state index contributed by atoms with van der Waals surface area (Å²) < 4.78 is 6.02. The van der Waals surface area contributed by atoms with Crippen molar-refractivity contribution in [3.8, 4) is 0 Å². The third-order valence-corrected chi connectivity index (χ3v) is 12.0. The van der Waals surface area contributed by atoms with Crippen molar-refractivity contribution in [2.45, 2.75) is 234 Å². The fourth-order valence-electron chi connectivity index (χ4n) is 8.42. The highest BCUT2D eigenvalue weighted by Gasteiger charge is 2.37. The number of hydrogen-bond acceptors (Lipinski definition) is 11. The molecular formula is C52H91N7O13. The molecule has 9 N–H and O–H groups in total. The zero-order valence-corrected chi connectivity index (χ0v) is 45.3. The molecule has 1 heterocycles. The van der Waals surface area contributed by atoms with E-state index in [1.165, 1.54) is 0 Å². The number of unbranched alkanes of at least 4 members (excludes halogenated alkanes) is 4. The van der Waals surface area contributed by atoms with E-state index in [9.17, 15) is 58.2 Å². The number of aliphatic carboxylic acids is 2. The lowest BCUT2D eigenvalue weighted by atomic mass is 9.98. The molecule has 72 heavy (non-hydrogen) atoms. The summed E-state index contributed by atoms with van der Waals surface area (Å²) in [5.41, 5.74) is 0. The lowest BCUT2D eigenvalue weighted by Crippen LogP contribution is -2.60. The van der Waals surface area contributed by atoms with Crippen LogP contribution in [-0.4, -0.2) is 118 Å². The molecule has 1 saturated heterocycles. The number of rotatable bonds is 23. The summed E-state index contributed by atoms with van der Waals surface area (Å²) in [4.78, 5) is 137. The van der Waals surface area contributed by atoms with E-state index in [0.717, 1.165) is 32.1 Å². The van der Waals surface area contributed by atoms with Crippen LogP contribution < -0.4 is 37.2 Å². The lowest BCUT2D eigenvalue weighted by molar-refractivity contribution is -0.155. The van der Waals surface area contributed by atoms with Gasteiger partial charge < -0.3 is 52.2 Å². The largest absolute Gasteiger partial charge is 0.481 e. The minimum atomic E-state index is -1.72. The predicted molar refractivity (Wildman–Crippen MR) is 272 cm³/mol. The van der Waals surface area contributed by atoms with E-state index >= 15 is 0 Å². The van der Waals surface area contributed by atoms with Crippen molar-refractivity contribution in [2.24, 2.45) is 35.5 Å². The van der Waals surface area contributed by atoms with Crippen LogP contribution in [0.1, 0.15) is 186 Å². The number of hydrogen-bond donors (Lipinski definition) is 9. The maximum atomic E-state index is 14.2. The van der Waals surface area contributed by atoms with E-state index in [-0.39, 0.29) is 74.5 Å². The predicted octanol–water partition coefficient (Wildman–Crippen LogP) is 4.65. The normalized spacial score (nSPS) is 24.2. The summed E-state index contributed by atoms with van der Waals surface area (Å²) >= 11 is 0. The fraction of sp³-hybridized carbons (Fsp3) is 0.808. The summed E-state index contributed by atoms with van der Waals surface area (Å²) in [6.45, 7) is 22.3. The average Bonchev–Trinajstić information content (AvgIpc) is 3.24. The SMILES string of the molecule is CC(C)CCCCCCCC1CC(=O)N[C@H](CCC(=O)O)C(=O)N[C@@H](CC(C)C)C(=O)NC(CC(C)C)C(=O)N[C@@H](CC(C)C)C(=O)N[C@@H](CC(=O)O)C(=O)NC(CC(C)C)C(=O)NC(CC(C)C)C(=O)O1. The van der Waals surface area contributed by atoms with Crippen molar-refractivity contribution < 1.29 is 62.9 Å². The fourth-order valence-corrected chi connectivity index (χ4v) is 8.42. The van der Waals surface area contributed by atoms with E-state index < -0.39 is 127 Å². The van der Waals surface area contributed by atoms with Crippen molar-refractivity contribution in [3.05, 3.63) is 0 Å². The van der Waals surface area contributed by atoms with Crippen LogP contribution in [0.3, 0.4) is 0 Å². The van der Waals surface area contributed by atoms with E-state index in [2.05, 4.69) is 51.1 Å². The molecule has 0 aromatic rings. The van der Waals surface area contributed by atoms with Gasteiger partial charge in [0.2, 0.25) is 41.4 Å². The van der Waals surface area contributed by atoms with Gasteiger partial charge in [-0.3, -0.25) is 43.2 Å². The van der Waals surface area contributed by atoms with E-state index in [4.69, 9.17) is 4.74 Å². The molecule has 1 rings (SSSR count). The number of esters is 1. The van der Waals surface area contributed by atoms with Gasteiger partial charge in [-0.05, 0) is 86.9 Å². The molecular weight excluding hydrogens is 931 g/mol. The number of carbonyl (C=O) groups is 10. The average molecular weight is 1020 g/mol. The summed E-state index contributed by atoms with van der Waals surface area (Å²) in [5.74, 6) is -9.77. The molecule has 20 nitrogen and oxygen atoms in total. The Hall–Kier alpha value is -5.30. The van der Waals surface area contributed by atoms with Gasteiger partial charge >= 0.3 is 17.9 Å². The Balaban J connectivity index is 4.02. The third kappa shape index (κ3) is 27.5. The molecule has 0 aromatic heterocycles. The summed E-state index contributed by atoms with van der Waals surface area (Å²) in [6, 6.07) is -9.61.